The second kappa shape index (κ2) is 8.92. The fraction of sp³-hybridized carbons (Fsp3) is 0.368. The molecule has 0 aliphatic carbocycles. The van der Waals surface area contributed by atoms with Gasteiger partial charge in [0.2, 0.25) is 0 Å². The minimum atomic E-state index is -0.0152. The van der Waals surface area contributed by atoms with Gasteiger partial charge in [-0.15, -0.1) is 0 Å². The molecule has 2 rings (SSSR count). The van der Waals surface area contributed by atoms with Gasteiger partial charge in [-0.2, -0.15) is 0 Å². The van der Waals surface area contributed by atoms with E-state index in [2.05, 4.69) is 17.2 Å². The average molecular weight is 343 g/mol. The molecule has 0 aliphatic rings. The Balaban J connectivity index is 2.06. The number of anilines is 2. The van der Waals surface area contributed by atoms with Crippen LogP contribution in [0.15, 0.2) is 36.5 Å². The summed E-state index contributed by atoms with van der Waals surface area (Å²) in [5, 5.41) is 3.19. The van der Waals surface area contributed by atoms with Crippen LogP contribution in [0.5, 0.6) is 11.5 Å². The van der Waals surface area contributed by atoms with Crippen molar-refractivity contribution >= 4 is 17.4 Å². The predicted octanol–water partition coefficient (Wildman–Crippen LogP) is 3.71. The number of benzene rings is 1. The molecule has 1 aromatic heterocycles. The van der Waals surface area contributed by atoms with Crippen LogP contribution in [-0.4, -0.2) is 43.6 Å². The van der Waals surface area contributed by atoms with Crippen LogP contribution in [0.3, 0.4) is 0 Å². The number of unbranched alkanes of at least 4 members (excludes halogenated alkanes) is 1. The summed E-state index contributed by atoms with van der Waals surface area (Å²) in [6, 6.07) is 9.10. The number of pyridine rings is 1. The van der Waals surface area contributed by atoms with Gasteiger partial charge in [0.15, 0.2) is 11.5 Å². The lowest BCUT2D eigenvalue weighted by atomic mass is 10.2. The van der Waals surface area contributed by atoms with Crippen molar-refractivity contribution in [3.05, 3.63) is 42.1 Å². The molecule has 134 valence electrons. The summed E-state index contributed by atoms with van der Waals surface area (Å²) in [7, 11) is 5.00. The molecule has 0 atom stereocenters. The summed E-state index contributed by atoms with van der Waals surface area (Å²) in [5.74, 6) is 1.94. The first-order chi connectivity index (χ1) is 12.1. The molecule has 0 bridgehead atoms. The number of methoxy groups -OCH3 is 2. The van der Waals surface area contributed by atoms with Gasteiger partial charge in [-0.25, -0.2) is 4.98 Å². The topological polar surface area (TPSA) is 63.7 Å². The molecular formula is C19H25N3O3. The Morgan fingerprint density at radius 3 is 2.52 bits per heavy atom. The van der Waals surface area contributed by atoms with E-state index >= 15 is 0 Å². The second-order valence-corrected chi connectivity index (χ2v) is 5.71. The summed E-state index contributed by atoms with van der Waals surface area (Å²) in [5.41, 5.74) is 1.40. The summed E-state index contributed by atoms with van der Waals surface area (Å²) < 4.78 is 10.5. The Bertz CT molecular complexity index is 702. The van der Waals surface area contributed by atoms with Gasteiger partial charge in [0, 0.05) is 31.5 Å². The van der Waals surface area contributed by atoms with Gasteiger partial charge in [-0.1, -0.05) is 13.3 Å². The summed E-state index contributed by atoms with van der Waals surface area (Å²) in [6.07, 6.45) is 3.65. The monoisotopic (exact) mass is 343 g/mol. The fourth-order valence-electron chi connectivity index (χ4n) is 2.37. The van der Waals surface area contributed by atoms with Crippen LogP contribution in [0.2, 0.25) is 0 Å². The standard InChI is InChI=1S/C19H25N3O3/c1-5-6-11-22(2)19(23)14-7-10-18(20-13-14)21-15-8-9-16(24-3)17(12-15)25-4/h7-10,12-13H,5-6,11H2,1-4H3,(H,20,21). The fourth-order valence-corrected chi connectivity index (χ4v) is 2.37. The molecule has 2 aromatic rings. The third-order valence-electron chi connectivity index (χ3n) is 3.86. The highest BCUT2D eigenvalue weighted by molar-refractivity contribution is 5.94. The maximum atomic E-state index is 12.3. The maximum Gasteiger partial charge on any atom is 0.255 e. The normalized spacial score (nSPS) is 10.2. The molecule has 1 aromatic carbocycles. The van der Waals surface area contributed by atoms with Crippen molar-refractivity contribution in [1.82, 2.24) is 9.88 Å². The van der Waals surface area contributed by atoms with Gasteiger partial charge >= 0.3 is 0 Å². The second-order valence-electron chi connectivity index (χ2n) is 5.71. The van der Waals surface area contributed by atoms with Crippen molar-refractivity contribution < 1.29 is 14.3 Å². The van der Waals surface area contributed by atoms with E-state index in [1.165, 1.54) is 0 Å². The van der Waals surface area contributed by atoms with Crippen molar-refractivity contribution in [2.24, 2.45) is 0 Å². The summed E-state index contributed by atoms with van der Waals surface area (Å²) >= 11 is 0. The molecule has 1 heterocycles. The largest absolute Gasteiger partial charge is 0.493 e. The van der Waals surface area contributed by atoms with Crippen LogP contribution in [0.1, 0.15) is 30.1 Å². The lowest BCUT2D eigenvalue weighted by molar-refractivity contribution is 0.0793. The molecule has 0 radical (unpaired) electrons. The molecule has 0 fully saturated rings. The zero-order valence-electron chi connectivity index (χ0n) is 15.2. The number of carbonyl (C=O) groups is 1. The summed E-state index contributed by atoms with van der Waals surface area (Å²) in [6.45, 7) is 2.86. The number of nitrogens with zero attached hydrogens (tertiary/aromatic N) is 2. The molecule has 0 saturated carbocycles. The van der Waals surface area contributed by atoms with E-state index in [1.807, 2.05) is 25.2 Å². The van der Waals surface area contributed by atoms with Gasteiger partial charge < -0.3 is 19.7 Å². The van der Waals surface area contributed by atoms with Gasteiger partial charge in [0.1, 0.15) is 5.82 Å². The van der Waals surface area contributed by atoms with Crippen molar-refractivity contribution in [3.8, 4) is 11.5 Å². The molecule has 1 amide bonds. The maximum absolute atomic E-state index is 12.3. The number of hydrogen-bond acceptors (Lipinski definition) is 5. The minimum Gasteiger partial charge on any atom is -0.493 e. The summed E-state index contributed by atoms with van der Waals surface area (Å²) in [4.78, 5) is 18.4. The molecule has 0 aliphatic heterocycles. The van der Waals surface area contributed by atoms with Crippen LogP contribution in [0, 0.1) is 0 Å². The Hall–Kier alpha value is -2.76. The Morgan fingerprint density at radius 1 is 1.16 bits per heavy atom. The van der Waals surface area contributed by atoms with E-state index < -0.39 is 0 Å². The van der Waals surface area contributed by atoms with E-state index in [1.54, 1.807) is 37.4 Å². The van der Waals surface area contributed by atoms with Gasteiger partial charge in [0.05, 0.1) is 19.8 Å². The number of hydrogen-bond donors (Lipinski definition) is 1. The zero-order valence-corrected chi connectivity index (χ0v) is 15.2. The number of carbonyl (C=O) groups excluding carboxylic acids is 1. The van der Waals surface area contributed by atoms with Crippen molar-refractivity contribution in [2.75, 3.05) is 33.1 Å². The van der Waals surface area contributed by atoms with Gasteiger partial charge in [-0.05, 0) is 30.7 Å². The van der Waals surface area contributed by atoms with E-state index in [-0.39, 0.29) is 5.91 Å². The van der Waals surface area contributed by atoms with Gasteiger partial charge in [-0.3, -0.25) is 4.79 Å². The highest BCUT2D eigenvalue weighted by Gasteiger charge is 2.12. The van der Waals surface area contributed by atoms with E-state index in [9.17, 15) is 4.79 Å². The quantitative estimate of drug-likeness (QED) is 0.791. The van der Waals surface area contributed by atoms with Crippen molar-refractivity contribution in [1.29, 1.82) is 0 Å². The number of ether oxygens (including phenoxy) is 2. The van der Waals surface area contributed by atoms with Crippen LogP contribution in [-0.2, 0) is 0 Å². The number of aromatic nitrogens is 1. The highest BCUT2D eigenvalue weighted by Crippen LogP contribution is 2.30. The molecule has 6 heteroatoms. The molecular weight excluding hydrogens is 318 g/mol. The third kappa shape index (κ3) is 4.86. The smallest absolute Gasteiger partial charge is 0.255 e. The Labute approximate surface area is 148 Å². The third-order valence-corrected chi connectivity index (χ3v) is 3.86. The van der Waals surface area contributed by atoms with Crippen LogP contribution in [0.25, 0.3) is 0 Å². The molecule has 0 unspecified atom stereocenters. The molecule has 0 saturated heterocycles. The highest BCUT2D eigenvalue weighted by atomic mass is 16.5. The molecule has 1 N–H and O–H groups in total. The average Bonchev–Trinajstić information content (AvgIpc) is 2.66. The van der Waals surface area contributed by atoms with Crippen LogP contribution in [0.4, 0.5) is 11.5 Å². The lowest BCUT2D eigenvalue weighted by Gasteiger charge is -2.16. The number of amides is 1. The van der Waals surface area contributed by atoms with Crippen molar-refractivity contribution in [3.63, 3.8) is 0 Å². The van der Waals surface area contributed by atoms with Gasteiger partial charge in [0.25, 0.3) is 5.91 Å². The van der Waals surface area contributed by atoms with Crippen LogP contribution >= 0.6 is 0 Å². The van der Waals surface area contributed by atoms with E-state index in [0.717, 1.165) is 25.1 Å². The molecule has 6 nitrogen and oxygen atoms in total. The zero-order chi connectivity index (χ0) is 18.2. The molecule has 0 spiro atoms. The van der Waals surface area contributed by atoms with E-state index in [4.69, 9.17) is 9.47 Å². The Kier molecular flexibility index (Phi) is 6.62. The van der Waals surface area contributed by atoms with Crippen LogP contribution < -0.4 is 14.8 Å². The first-order valence-corrected chi connectivity index (χ1v) is 8.29. The number of rotatable bonds is 8. The van der Waals surface area contributed by atoms with E-state index in [0.29, 0.717) is 22.9 Å². The first kappa shape index (κ1) is 18.6. The molecule has 25 heavy (non-hydrogen) atoms. The Morgan fingerprint density at radius 2 is 1.92 bits per heavy atom. The number of nitrogens with one attached hydrogen (secondary N) is 1. The van der Waals surface area contributed by atoms with Crippen molar-refractivity contribution in [2.45, 2.75) is 19.8 Å². The SMILES string of the molecule is CCCCN(C)C(=O)c1ccc(Nc2ccc(OC)c(OC)c2)nc1. The first-order valence-electron chi connectivity index (χ1n) is 8.29. The predicted molar refractivity (Wildman–Crippen MR) is 98.9 cm³/mol. The lowest BCUT2D eigenvalue weighted by Crippen LogP contribution is -2.27. The minimum absolute atomic E-state index is 0.0152.